The van der Waals surface area contributed by atoms with Crippen LogP contribution >= 0.6 is 23.8 Å². The summed E-state index contributed by atoms with van der Waals surface area (Å²) in [5, 5.41) is 7.23. The molecule has 4 rings (SSSR count). The van der Waals surface area contributed by atoms with Crippen molar-refractivity contribution in [1.29, 1.82) is 0 Å². The van der Waals surface area contributed by atoms with Crippen LogP contribution in [0.5, 0.6) is 0 Å². The second-order valence-corrected chi connectivity index (χ2v) is 8.62. The second kappa shape index (κ2) is 9.14. The highest BCUT2D eigenvalue weighted by atomic mass is 35.5. The Balaban J connectivity index is 1.62. The molecule has 1 amide bonds. The maximum Gasteiger partial charge on any atom is 0.272 e. The first-order chi connectivity index (χ1) is 14.5. The molecule has 2 aromatic carbocycles. The lowest BCUT2D eigenvalue weighted by Gasteiger charge is -2.25. The molecule has 0 saturated heterocycles. The number of para-hydroxylation sites is 1. The van der Waals surface area contributed by atoms with E-state index in [0.717, 1.165) is 35.5 Å². The number of hydrogen-bond donors (Lipinski definition) is 2. The topological polar surface area (TPSA) is 56.7 Å². The van der Waals surface area contributed by atoms with E-state index in [1.165, 1.54) is 19.3 Å². The molecule has 1 fully saturated rings. The molecule has 1 atom stereocenters. The van der Waals surface area contributed by atoms with Gasteiger partial charge in [-0.3, -0.25) is 9.79 Å². The van der Waals surface area contributed by atoms with Crippen molar-refractivity contribution < 1.29 is 4.79 Å². The van der Waals surface area contributed by atoms with Gasteiger partial charge in [0.2, 0.25) is 6.17 Å². The zero-order valence-corrected chi connectivity index (χ0v) is 18.5. The SMILES string of the molecule is CN1C(=O)C(NC(=S)Nc2ccc(Cl)cc2)N=C(C2CCCCC2)c2ccccc21. The normalized spacial score (nSPS) is 19.5. The zero-order chi connectivity index (χ0) is 21.1. The molecule has 2 N–H and O–H groups in total. The Morgan fingerprint density at radius 2 is 1.80 bits per heavy atom. The highest BCUT2D eigenvalue weighted by molar-refractivity contribution is 7.80. The molecule has 1 heterocycles. The van der Waals surface area contributed by atoms with Crippen molar-refractivity contribution in [1.82, 2.24) is 5.32 Å². The third-order valence-electron chi connectivity index (χ3n) is 5.74. The Morgan fingerprint density at radius 3 is 2.53 bits per heavy atom. The number of benzodiazepines with no additional fused rings is 1. The molecule has 1 unspecified atom stereocenters. The monoisotopic (exact) mass is 440 g/mol. The lowest BCUT2D eigenvalue weighted by atomic mass is 9.83. The standard InChI is InChI=1S/C23H25ClN4OS/c1-28-19-10-6-5-9-18(19)20(15-7-3-2-4-8-15)26-21(22(28)29)27-23(30)25-17-13-11-16(24)12-14-17/h5-6,9-15,21H,2-4,7-8H2,1H3,(H2,25,27,30). The van der Waals surface area contributed by atoms with Gasteiger partial charge in [0.05, 0.1) is 11.4 Å². The van der Waals surface area contributed by atoms with Gasteiger partial charge in [0.1, 0.15) is 0 Å². The van der Waals surface area contributed by atoms with E-state index in [1.807, 2.05) is 30.3 Å². The fourth-order valence-corrected chi connectivity index (χ4v) is 4.52. The summed E-state index contributed by atoms with van der Waals surface area (Å²) in [7, 11) is 1.80. The van der Waals surface area contributed by atoms with E-state index < -0.39 is 6.17 Å². The molecule has 1 aliphatic carbocycles. The largest absolute Gasteiger partial charge is 0.333 e. The number of benzene rings is 2. The predicted octanol–water partition coefficient (Wildman–Crippen LogP) is 5.00. The number of nitrogens with zero attached hydrogens (tertiary/aromatic N) is 2. The van der Waals surface area contributed by atoms with Gasteiger partial charge in [-0.05, 0) is 55.4 Å². The van der Waals surface area contributed by atoms with E-state index in [4.69, 9.17) is 28.8 Å². The van der Waals surface area contributed by atoms with Crippen LogP contribution in [-0.2, 0) is 4.79 Å². The van der Waals surface area contributed by atoms with Gasteiger partial charge in [-0.15, -0.1) is 0 Å². The van der Waals surface area contributed by atoms with Crippen molar-refractivity contribution in [3.63, 3.8) is 0 Å². The van der Waals surface area contributed by atoms with E-state index in [2.05, 4.69) is 16.7 Å². The average molecular weight is 441 g/mol. The van der Waals surface area contributed by atoms with Crippen molar-refractivity contribution in [3.05, 3.63) is 59.1 Å². The van der Waals surface area contributed by atoms with Gasteiger partial charge in [-0.1, -0.05) is 49.1 Å². The van der Waals surface area contributed by atoms with Crippen LogP contribution in [0.3, 0.4) is 0 Å². The summed E-state index contributed by atoms with van der Waals surface area (Å²) in [6.07, 6.45) is 5.10. The molecule has 156 valence electrons. The van der Waals surface area contributed by atoms with Gasteiger partial charge in [-0.2, -0.15) is 0 Å². The molecule has 5 nitrogen and oxygen atoms in total. The molecular formula is C23H25ClN4OS. The molecular weight excluding hydrogens is 416 g/mol. The minimum Gasteiger partial charge on any atom is -0.333 e. The zero-order valence-electron chi connectivity index (χ0n) is 16.9. The highest BCUT2D eigenvalue weighted by Crippen LogP contribution is 2.33. The number of hydrogen-bond acceptors (Lipinski definition) is 3. The number of amides is 1. The number of thiocarbonyl (C=S) groups is 1. The number of carbonyl (C=O) groups is 1. The summed E-state index contributed by atoms with van der Waals surface area (Å²) in [5.74, 6) is 0.231. The van der Waals surface area contributed by atoms with Crippen LogP contribution < -0.4 is 15.5 Å². The van der Waals surface area contributed by atoms with Gasteiger partial charge in [0, 0.05) is 29.2 Å². The number of aliphatic imine (C=N–C) groups is 1. The lowest BCUT2D eigenvalue weighted by Crippen LogP contribution is -2.47. The van der Waals surface area contributed by atoms with E-state index >= 15 is 0 Å². The van der Waals surface area contributed by atoms with Crippen molar-refractivity contribution >= 4 is 51.9 Å². The molecule has 0 bridgehead atoms. The van der Waals surface area contributed by atoms with Crippen molar-refractivity contribution in [2.45, 2.75) is 38.3 Å². The first-order valence-corrected chi connectivity index (χ1v) is 11.1. The Bertz CT molecular complexity index is 969. The van der Waals surface area contributed by atoms with Gasteiger partial charge in [0.15, 0.2) is 5.11 Å². The van der Waals surface area contributed by atoms with Crippen LogP contribution in [-0.4, -0.2) is 29.9 Å². The third-order valence-corrected chi connectivity index (χ3v) is 6.21. The first kappa shape index (κ1) is 20.8. The number of halogens is 1. The van der Waals surface area contributed by atoms with E-state index in [0.29, 0.717) is 16.1 Å². The number of rotatable bonds is 3. The van der Waals surface area contributed by atoms with Crippen molar-refractivity contribution in [3.8, 4) is 0 Å². The Labute approximate surface area is 187 Å². The van der Waals surface area contributed by atoms with E-state index in [1.54, 1.807) is 24.1 Å². The van der Waals surface area contributed by atoms with Gasteiger partial charge in [-0.25, -0.2) is 0 Å². The minimum absolute atomic E-state index is 0.131. The van der Waals surface area contributed by atoms with Crippen LogP contribution in [0.15, 0.2) is 53.5 Å². The molecule has 0 aromatic heterocycles. The number of likely N-dealkylation sites (N-methyl/N-ethyl adjacent to an activating group) is 1. The minimum atomic E-state index is -0.772. The van der Waals surface area contributed by atoms with Crippen molar-refractivity contribution in [2.75, 3.05) is 17.3 Å². The molecule has 0 radical (unpaired) electrons. The number of fused-ring (bicyclic) bond motifs is 1. The predicted molar refractivity (Wildman–Crippen MR) is 128 cm³/mol. The average Bonchev–Trinajstić information content (AvgIpc) is 2.87. The van der Waals surface area contributed by atoms with Crippen molar-refractivity contribution in [2.24, 2.45) is 10.9 Å². The molecule has 2 aromatic rings. The summed E-state index contributed by atoms with van der Waals surface area (Å²) in [4.78, 5) is 19.8. The van der Waals surface area contributed by atoms with E-state index in [-0.39, 0.29) is 5.91 Å². The first-order valence-electron chi connectivity index (χ1n) is 10.3. The summed E-state index contributed by atoms with van der Waals surface area (Å²) >= 11 is 11.4. The number of nitrogens with one attached hydrogen (secondary N) is 2. The summed E-state index contributed by atoms with van der Waals surface area (Å²) in [6, 6.07) is 15.3. The maximum absolute atomic E-state index is 13.2. The van der Waals surface area contributed by atoms with Gasteiger partial charge >= 0.3 is 0 Å². The summed E-state index contributed by atoms with van der Waals surface area (Å²) in [5.41, 5.74) is 3.75. The smallest absolute Gasteiger partial charge is 0.272 e. The number of anilines is 2. The fraction of sp³-hybridized carbons (Fsp3) is 0.348. The Morgan fingerprint density at radius 1 is 1.10 bits per heavy atom. The molecule has 7 heteroatoms. The summed E-state index contributed by atoms with van der Waals surface area (Å²) < 4.78 is 0. The second-order valence-electron chi connectivity index (χ2n) is 7.77. The van der Waals surface area contributed by atoms with Crippen LogP contribution in [0.2, 0.25) is 5.02 Å². The van der Waals surface area contributed by atoms with Gasteiger partial charge in [0.25, 0.3) is 5.91 Å². The molecule has 2 aliphatic rings. The molecule has 30 heavy (non-hydrogen) atoms. The fourth-order valence-electron chi connectivity index (χ4n) is 4.17. The summed E-state index contributed by atoms with van der Waals surface area (Å²) in [6.45, 7) is 0. The van der Waals surface area contributed by atoms with Gasteiger partial charge < -0.3 is 15.5 Å². The Hall–Kier alpha value is -2.44. The Kier molecular flexibility index (Phi) is 6.35. The van der Waals surface area contributed by atoms with Crippen LogP contribution in [0, 0.1) is 5.92 Å². The lowest BCUT2D eigenvalue weighted by molar-refractivity contribution is -0.119. The molecule has 1 saturated carbocycles. The molecule has 1 aliphatic heterocycles. The van der Waals surface area contributed by atoms with Crippen LogP contribution in [0.1, 0.15) is 37.7 Å². The molecule has 0 spiro atoms. The number of carbonyl (C=O) groups excluding carboxylic acids is 1. The van der Waals surface area contributed by atoms with E-state index in [9.17, 15) is 4.79 Å². The van der Waals surface area contributed by atoms with Crippen LogP contribution in [0.25, 0.3) is 0 Å². The quantitative estimate of drug-likeness (QED) is 0.659. The maximum atomic E-state index is 13.2. The van der Waals surface area contributed by atoms with Crippen LogP contribution in [0.4, 0.5) is 11.4 Å². The highest BCUT2D eigenvalue weighted by Gasteiger charge is 2.32. The third kappa shape index (κ3) is 4.50.